The molecule has 22 heavy (non-hydrogen) atoms. The third-order valence-electron chi connectivity index (χ3n) is 4.26. The molecular formula is C16H29N5O. The van der Waals surface area contributed by atoms with Gasteiger partial charge in [-0.1, -0.05) is 6.92 Å². The average molecular weight is 307 g/mol. The maximum absolute atomic E-state index is 12.5. The number of hydrogen-bond acceptors (Lipinski definition) is 4. The summed E-state index contributed by atoms with van der Waals surface area (Å²) >= 11 is 0. The number of amides is 1. The fourth-order valence-corrected chi connectivity index (χ4v) is 2.96. The summed E-state index contributed by atoms with van der Waals surface area (Å²) in [6, 6.07) is 0.0509. The van der Waals surface area contributed by atoms with Crippen LogP contribution in [-0.4, -0.2) is 70.3 Å². The monoisotopic (exact) mass is 307 g/mol. The first kappa shape index (κ1) is 17.0. The zero-order valence-electron chi connectivity index (χ0n) is 14.2. The largest absolute Gasteiger partial charge is 0.339 e. The first-order valence-corrected chi connectivity index (χ1v) is 8.25. The van der Waals surface area contributed by atoms with E-state index < -0.39 is 0 Å². The van der Waals surface area contributed by atoms with Crippen molar-refractivity contribution >= 4 is 5.91 Å². The van der Waals surface area contributed by atoms with Crippen molar-refractivity contribution in [2.75, 3.05) is 32.7 Å². The molecule has 0 aromatic carbocycles. The number of aromatic nitrogens is 2. The SMILES string of the molecule is CCN1CCN(C(=O)C(C)NC(C)Cn2cc(C)cn2)CC1. The Bertz CT molecular complexity index is 479. The number of likely N-dealkylation sites (N-methyl/N-ethyl adjacent to an activating group) is 1. The van der Waals surface area contributed by atoms with Crippen LogP contribution < -0.4 is 5.32 Å². The molecule has 1 saturated heterocycles. The van der Waals surface area contributed by atoms with E-state index in [0.717, 1.165) is 44.8 Å². The van der Waals surface area contributed by atoms with Gasteiger partial charge in [0.1, 0.15) is 0 Å². The van der Waals surface area contributed by atoms with Crippen LogP contribution in [0.1, 0.15) is 26.3 Å². The molecule has 6 nitrogen and oxygen atoms in total. The Kier molecular flexibility index (Phi) is 5.97. The van der Waals surface area contributed by atoms with Gasteiger partial charge in [-0.05, 0) is 32.9 Å². The topological polar surface area (TPSA) is 53.4 Å². The Morgan fingerprint density at radius 3 is 2.55 bits per heavy atom. The third-order valence-corrected chi connectivity index (χ3v) is 4.26. The molecule has 2 heterocycles. The minimum atomic E-state index is -0.153. The van der Waals surface area contributed by atoms with Crippen molar-refractivity contribution < 1.29 is 4.79 Å². The lowest BCUT2D eigenvalue weighted by molar-refractivity contribution is -0.135. The molecule has 1 amide bonds. The number of aryl methyl sites for hydroxylation is 1. The minimum Gasteiger partial charge on any atom is -0.339 e. The average Bonchev–Trinajstić information content (AvgIpc) is 2.91. The minimum absolute atomic E-state index is 0.153. The van der Waals surface area contributed by atoms with Gasteiger partial charge in [0.2, 0.25) is 5.91 Å². The zero-order chi connectivity index (χ0) is 16.1. The lowest BCUT2D eigenvalue weighted by atomic mass is 10.2. The first-order chi connectivity index (χ1) is 10.5. The van der Waals surface area contributed by atoms with Gasteiger partial charge in [0.25, 0.3) is 0 Å². The van der Waals surface area contributed by atoms with Gasteiger partial charge >= 0.3 is 0 Å². The molecule has 0 radical (unpaired) electrons. The van der Waals surface area contributed by atoms with Crippen LogP contribution in [0, 0.1) is 6.92 Å². The maximum Gasteiger partial charge on any atom is 0.239 e. The standard InChI is InChI=1S/C16H29N5O/c1-5-19-6-8-20(9-7-19)16(22)15(4)18-14(3)12-21-11-13(2)10-17-21/h10-11,14-15,18H,5-9,12H2,1-4H3. The van der Waals surface area contributed by atoms with Gasteiger partial charge in [0.15, 0.2) is 0 Å². The smallest absolute Gasteiger partial charge is 0.239 e. The number of piperazine rings is 1. The van der Waals surface area contributed by atoms with Crippen LogP contribution in [0.25, 0.3) is 0 Å². The van der Waals surface area contributed by atoms with Gasteiger partial charge in [0, 0.05) is 38.4 Å². The summed E-state index contributed by atoms with van der Waals surface area (Å²) in [4.78, 5) is 16.9. The van der Waals surface area contributed by atoms with E-state index in [4.69, 9.17) is 0 Å². The molecule has 1 fully saturated rings. The fourth-order valence-electron chi connectivity index (χ4n) is 2.96. The molecule has 0 bridgehead atoms. The van der Waals surface area contributed by atoms with Gasteiger partial charge < -0.3 is 15.1 Å². The Balaban J connectivity index is 1.78. The van der Waals surface area contributed by atoms with Gasteiger partial charge in [-0.25, -0.2) is 0 Å². The molecular weight excluding hydrogens is 278 g/mol. The third kappa shape index (κ3) is 4.55. The molecule has 124 valence electrons. The van der Waals surface area contributed by atoms with Crippen LogP contribution >= 0.6 is 0 Å². The summed E-state index contributed by atoms with van der Waals surface area (Å²) < 4.78 is 1.92. The zero-order valence-corrected chi connectivity index (χ0v) is 14.2. The van der Waals surface area contributed by atoms with Crippen LogP contribution in [-0.2, 0) is 11.3 Å². The van der Waals surface area contributed by atoms with Crippen LogP contribution in [0.2, 0.25) is 0 Å². The van der Waals surface area contributed by atoms with Crippen molar-refractivity contribution in [2.24, 2.45) is 0 Å². The molecule has 1 aliphatic heterocycles. The van der Waals surface area contributed by atoms with E-state index in [1.54, 1.807) is 0 Å². The number of hydrogen-bond donors (Lipinski definition) is 1. The summed E-state index contributed by atoms with van der Waals surface area (Å²) in [5, 5.41) is 7.69. The van der Waals surface area contributed by atoms with E-state index >= 15 is 0 Å². The number of nitrogens with one attached hydrogen (secondary N) is 1. The maximum atomic E-state index is 12.5. The lowest BCUT2D eigenvalue weighted by Crippen LogP contribution is -2.54. The van der Waals surface area contributed by atoms with E-state index in [-0.39, 0.29) is 18.0 Å². The van der Waals surface area contributed by atoms with Crippen molar-refractivity contribution in [1.82, 2.24) is 24.9 Å². The second-order valence-electron chi connectivity index (χ2n) is 6.29. The van der Waals surface area contributed by atoms with Crippen LogP contribution in [0.3, 0.4) is 0 Å². The number of carbonyl (C=O) groups excluding carboxylic acids is 1. The Morgan fingerprint density at radius 1 is 1.32 bits per heavy atom. The molecule has 1 aliphatic rings. The van der Waals surface area contributed by atoms with Gasteiger partial charge in [-0.2, -0.15) is 5.10 Å². The molecule has 1 aromatic rings. The predicted octanol–water partition coefficient (Wildman–Crippen LogP) is 0.722. The van der Waals surface area contributed by atoms with Gasteiger partial charge in [-0.15, -0.1) is 0 Å². The highest BCUT2D eigenvalue weighted by Crippen LogP contribution is 2.05. The molecule has 0 spiro atoms. The highest BCUT2D eigenvalue weighted by molar-refractivity contribution is 5.81. The van der Waals surface area contributed by atoms with Crippen LogP contribution in [0.5, 0.6) is 0 Å². The Labute approximate surface area is 133 Å². The van der Waals surface area contributed by atoms with Crippen LogP contribution in [0.4, 0.5) is 0 Å². The molecule has 2 rings (SSSR count). The van der Waals surface area contributed by atoms with Crippen molar-refractivity contribution in [2.45, 2.75) is 46.3 Å². The summed E-state index contributed by atoms with van der Waals surface area (Å²) in [6.07, 6.45) is 3.88. The second kappa shape index (κ2) is 7.74. The van der Waals surface area contributed by atoms with Crippen molar-refractivity contribution in [3.05, 3.63) is 18.0 Å². The van der Waals surface area contributed by atoms with E-state index in [0.29, 0.717) is 0 Å². The molecule has 1 aromatic heterocycles. The quantitative estimate of drug-likeness (QED) is 0.841. The van der Waals surface area contributed by atoms with Crippen molar-refractivity contribution in [1.29, 1.82) is 0 Å². The molecule has 0 saturated carbocycles. The first-order valence-electron chi connectivity index (χ1n) is 8.25. The Hall–Kier alpha value is -1.40. The molecule has 0 aliphatic carbocycles. The number of nitrogens with zero attached hydrogens (tertiary/aromatic N) is 4. The molecule has 1 N–H and O–H groups in total. The molecule has 2 unspecified atom stereocenters. The van der Waals surface area contributed by atoms with Crippen LogP contribution in [0.15, 0.2) is 12.4 Å². The Morgan fingerprint density at radius 2 is 2.00 bits per heavy atom. The summed E-state index contributed by atoms with van der Waals surface area (Å²) in [5.74, 6) is 0.208. The van der Waals surface area contributed by atoms with Crippen molar-refractivity contribution in [3.8, 4) is 0 Å². The number of carbonyl (C=O) groups is 1. The highest BCUT2D eigenvalue weighted by Gasteiger charge is 2.25. The summed E-state index contributed by atoms with van der Waals surface area (Å²) in [6.45, 7) is 13.7. The van der Waals surface area contributed by atoms with Gasteiger partial charge in [-0.3, -0.25) is 9.48 Å². The lowest BCUT2D eigenvalue weighted by Gasteiger charge is -2.36. The number of rotatable bonds is 6. The van der Waals surface area contributed by atoms with E-state index in [1.807, 2.05) is 35.8 Å². The molecule has 2 atom stereocenters. The van der Waals surface area contributed by atoms with E-state index in [1.165, 1.54) is 0 Å². The van der Waals surface area contributed by atoms with E-state index in [2.05, 4.69) is 29.2 Å². The van der Waals surface area contributed by atoms with Crippen molar-refractivity contribution in [3.63, 3.8) is 0 Å². The predicted molar refractivity (Wildman–Crippen MR) is 87.7 cm³/mol. The van der Waals surface area contributed by atoms with Gasteiger partial charge in [0.05, 0.1) is 18.8 Å². The summed E-state index contributed by atoms with van der Waals surface area (Å²) in [5.41, 5.74) is 1.16. The highest BCUT2D eigenvalue weighted by atomic mass is 16.2. The van der Waals surface area contributed by atoms with E-state index in [9.17, 15) is 4.79 Å². The fraction of sp³-hybridized carbons (Fsp3) is 0.750. The normalized spacial score (nSPS) is 19.2. The summed E-state index contributed by atoms with van der Waals surface area (Å²) in [7, 11) is 0. The molecule has 6 heteroatoms. The second-order valence-corrected chi connectivity index (χ2v) is 6.29.